The highest BCUT2D eigenvalue weighted by atomic mass is 35.5. The van der Waals surface area contributed by atoms with Crippen molar-refractivity contribution >= 4 is 11.6 Å². The quantitative estimate of drug-likeness (QED) is 0.765. The fourth-order valence-corrected chi connectivity index (χ4v) is 1.78. The third-order valence-corrected chi connectivity index (χ3v) is 2.98. The maximum absolute atomic E-state index is 12.4. The zero-order valence-corrected chi connectivity index (χ0v) is 11.2. The average molecular weight is 301 g/mol. The normalized spacial score (nSPS) is 11.6. The van der Waals surface area contributed by atoms with Gasteiger partial charge in [-0.15, -0.1) is 0 Å². The number of halogens is 4. The van der Waals surface area contributed by atoms with Crippen LogP contribution < -0.4 is 0 Å². The largest absolute Gasteiger partial charge is 0.416 e. The molecule has 20 heavy (non-hydrogen) atoms. The fraction of sp³-hybridized carbons (Fsp3) is 0.200. The molecule has 0 spiro atoms. The Morgan fingerprint density at radius 2 is 1.25 bits per heavy atom. The van der Waals surface area contributed by atoms with Gasteiger partial charge in [-0.05, 0) is 35.4 Å². The first-order valence-electron chi connectivity index (χ1n) is 5.93. The van der Waals surface area contributed by atoms with Gasteiger partial charge in [-0.25, -0.2) is 0 Å². The van der Waals surface area contributed by atoms with Crippen LogP contribution in [0.3, 0.4) is 0 Å². The molecule has 0 saturated heterocycles. The Kier molecular flexibility index (Phi) is 4.68. The van der Waals surface area contributed by atoms with Crippen LogP contribution in [-0.2, 0) is 24.1 Å². The molecule has 2 rings (SSSR count). The molecule has 106 valence electrons. The predicted octanol–water partition coefficient (Wildman–Crippen LogP) is 5.08. The van der Waals surface area contributed by atoms with Crippen molar-refractivity contribution in [2.24, 2.45) is 0 Å². The summed E-state index contributed by atoms with van der Waals surface area (Å²) in [4.78, 5) is 0. The van der Waals surface area contributed by atoms with Crippen LogP contribution in [0.1, 0.15) is 16.7 Å². The second kappa shape index (κ2) is 6.29. The molecule has 2 aromatic carbocycles. The Morgan fingerprint density at radius 1 is 0.800 bits per heavy atom. The monoisotopic (exact) mass is 300 g/mol. The van der Waals surface area contributed by atoms with Gasteiger partial charge in [0.05, 0.1) is 18.8 Å². The van der Waals surface area contributed by atoms with Crippen LogP contribution in [-0.4, -0.2) is 0 Å². The Hall–Kier alpha value is -1.52. The molecule has 0 aromatic heterocycles. The number of rotatable bonds is 4. The molecule has 1 nitrogen and oxygen atoms in total. The molecule has 0 saturated carbocycles. The molecule has 0 N–H and O–H groups in total. The van der Waals surface area contributed by atoms with Crippen LogP contribution in [0.2, 0.25) is 5.02 Å². The summed E-state index contributed by atoms with van der Waals surface area (Å²) in [6.07, 6.45) is -4.30. The molecule has 0 aliphatic carbocycles. The van der Waals surface area contributed by atoms with Crippen molar-refractivity contribution in [3.63, 3.8) is 0 Å². The number of ether oxygens (including phenoxy) is 1. The summed E-state index contributed by atoms with van der Waals surface area (Å²) < 4.78 is 42.6. The summed E-state index contributed by atoms with van der Waals surface area (Å²) in [5.41, 5.74) is 1.01. The lowest BCUT2D eigenvalue weighted by atomic mass is 10.1. The van der Waals surface area contributed by atoms with Gasteiger partial charge in [-0.2, -0.15) is 13.2 Å². The highest BCUT2D eigenvalue weighted by Crippen LogP contribution is 2.29. The minimum atomic E-state index is -4.30. The van der Waals surface area contributed by atoms with Gasteiger partial charge >= 0.3 is 6.18 Å². The summed E-state index contributed by atoms with van der Waals surface area (Å²) in [7, 11) is 0. The van der Waals surface area contributed by atoms with Crippen molar-refractivity contribution in [1.29, 1.82) is 0 Å². The predicted molar refractivity (Wildman–Crippen MR) is 71.4 cm³/mol. The van der Waals surface area contributed by atoms with Gasteiger partial charge in [0, 0.05) is 5.02 Å². The zero-order chi connectivity index (χ0) is 14.6. The summed E-state index contributed by atoms with van der Waals surface area (Å²) in [5.74, 6) is 0. The van der Waals surface area contributed by atoms with E-state index in [-0.39, 0.29) is 6.61 Å². The molecule has 5 heteroatoms. The van der Waals surface area contributed by atoms with Gasteiger partial charge in [0.1, 0.15) is 0 Å². The maximum atomic E-state index is 12.4. The minimum absolute atomic E-state index is 0.265. The molecule has 0 amide bonds. The van der Waals surface area contributed by atoms with Crippen molar-refractivity contribution in [1.82, 2.24) is 0 Å². The topological polar surface area (TPSA) is 9.23 Å². The standard InChI is InChI=1S/C15H12ClF3O/c16-14-7-3-12(4-8-14)10-20-9-11-1-5-13(6-2-11)15(17,18)19/h1-8H,9-10H2. The van der Waals surface area contributed by atoms with E-state index in [1.54, 1.807) is 12.1 Å². The molecule has 0 heterocycles. The first-order chi connectivity index (χ1) is 9.45. The fourth-order valence-electron chi connectivity index (χ4n) is 1.66. The molecule has 0 atom stereocenters. The molecular weight excluding hydrogens is 289 g/mol. The summed E-state index contributed by atoms with van der Waals surface area (Å²) in [5, 5.41) is 0.650. The summed E-state index contributed by atoms with van der Waals surface area (Å²) in [6, 6.07) is 12.2. The second-order valence-corrected chi connectivity index (χ2v) is 4.75. The molecule has 0 bridgehead atoms. The van der Waals surface area contributed by atoms with Gasteiger partial charge in [-0.1, -0.05) is 35.9 Å². The molecule has 0 aliphatic heterocycles. The van der Waals surface area contributed by atoms with Crippen molar-refractivity contribution in [2.45, 2.75) is 19.4 Å². The van der Waals surface area contributed by atoms with E-state index in [4.69, 9.17) is 16.3 Å². The van der Waals surface area contributed by atoms with E-state index in [1.807, 2.05) is 12.1 Å². The lowest BCUT2D eigenvalue weighted by Crippen LogP contribution is -2.04. The van der Waals surface area contributed by atoms with E-state index < -0.39 is 11.7 Å². The number of hydrogen-bond acceptors (Lipinski definition) is 1. The first kappa shape index (κ1) is 14.9. The van der Waals surface area contributed by atoms with Gasteiger partial charge in [-0.3, -0.25) is 0 Å². The van der Waals surface area contributed by atoms with Crippen LogP contribution in [0.15, 0.2) is 48.5 Å². The van der Waals surface area contributed by atoms with Gasteiger partial charge in [0.15, 0.2) is 0 Å². The Balaban J connectivity index is 1.87. The third kappa shape index (κ3) is 4.25. The number of hydrogen-bond donors (Lipinski definition) is 0. The van der Waals surface area contributed by atoms with Crippen LogP contribution >= 0.6 is 11.6 Å². The maximum Gasteiger partial charge on any atom is 0.416 e. The molecule has 0 unspecified atom stereocenters. The van der Waals surface area contributed by atoms with Crippen molar-refractivity contribution < 1.29 is 17.9 Å². The highest BCUT2D eigenvalue weighted by molar-refractivity contribution is 6.30. The second-order valence-electron chi connectivity index (χ2n) is 4.31. The number of alkyl halides is 3. The van der Waals surface area contributed by atoms with Crippen molar-refractivity contribution in [3.05, 3.63) is 70.2 Å². The van der Waals surface area contributed by atoms with Gasteiger partial charge in [0.2, 0.25) is 0 Å². The average Bonchev–Trinajstić information content (AvgIpc) is 2.41. The van der Waals surface area contributed by atoms with E-state index in [0.29, 0.717) is 17.2 Å². The van der Waals surface area contributed by atoms with Crippen LogP contribution in [0.5, 0.6) is 0 Å². The van der Waals surface area contributed by atoms with E-state index in [2.05, 4.69) is 0 Å². The number of benzene rings is 2. The molecule has 2 aromatic rings. The van der Waals surface area contributed by atoms with E-state index >= 15 is 0 Å². The zero-order valence-electron chi connectivity index (χ0n) is 10.5. The lowest BCUT2D eigenvalue weighted by molar-refractivity contribution is -0.137. The van der Waals surface area contributed by atoms with E-state index in [0.717, 1.165) is 17.7 Å². The van der Waals surface area contributed by atoms with Crippen molar-refractivity contribution in [3.8, 4) is 0 Å². The Labute approximate surface area is 119 Å². The highest BCUT2D eigenvalue weighted by Gasteiger charge is 2.29. The minimum Gasteiger partial charge on any atom is -0.372 e. The molecular formula is C15H12ClF3O. The Morgan fingerprint density at radius 3 is 1.70 bits per heavy atom. The Bertz CT molecular complexity index is 547. The summed E-state index contributed by atoms with van der Waals surface area (Å²) >= 11 is 5.76. The SMILES string of the molecule is FC(F)(F)c1ccc(COCc2ccc(Cl)cc2)cc1. The molecule has 0 fully saturated rings. The van der Waals surface area contributed by atoms with Crippen LogP contribution in [0.4, 0.5) is 13.2 Å². The van der Waals surface area contributed by atoms with Gasteiger partial charge in [0.25, 0.3) is 0 Å². The first-order valence-corrected chi connectivity index (χ1v) is 6.31. The molecule has 0 radical (unpaired) electrons. The third-order valence-electron chi connectivity index (χ3n) is 2.73. The summed E-state index contributed by atoms with van der Waals surface area (Å²) in [6.45, 7) is 0.652. The van der Waals surface area contributed by atoms with Gasteiger partial charge < -0.3 is 4.74 Å². The van der Waals surface area contributed by atoms with Crippen LogP contribution in [0, 0.1) is 0 Å². The smallest absolute Gasteiger partial charge is 0.372 e. The lowest BCUT2D eigenvalue weighted by Gasteiger charge is -2.08. The van der Waals surface area contributed by atoms with E-state index in [1.165, 1.54) is 12.1 Å². The van der Waals surface area contributed by atoms with Crippen LogP contribution in [0.25, 0.3) is 0 Å². The molecule has 0 aliphatic rings. The van der Waals surface area contributed by atoms with Crippen molar-refractivity contribution in [2.75, 3.05) is 0 Å². The van der Waals surface area contributed by atoms with E-state index in [9.17, 15) is 13.2 Å².